The lowest BCUT2D eigenvalue weighted by Gasteiger charge is -2.23. The van der Waals surface area contributed by atoms with Gasteiger partial charge in [-0.25, -0.2) is 0 Å². The van der Waals surface area contributed by atoms with E-state index in [-0.39, 0.29) is 0 Å². The monoisotopic (exact) mass is 155 g/mol. The van der Waals surface area contributed by atoms with Crippen LogP contribution >= 0.6 is 0 Å². The number of rotatable bonds is 3. The summed E-state index contributed by atoms with van der Waals surface area (Å²) >= 11 is 0. The highest BCUT2D eigenvalue weighted by Gasteiger charge is 2.39. The van der Waals surface area contributed by atoms with Crippen molar-refractivity contribution in [2.75, 3.05) is 0 Å². The third kappa shape index (κ3) is 1.96. The van der Waals surface area contributed by atoms with E-state index in [0.717, 1.165) is 17.8 Å². The Bertz CT molecular complexity index is 131. The van der Waals surface area contributed by atoms with E-state index in [0.29, 0.717) is 12.0 Å². The van der Waals surface area contributed by atoms with Crippen molar-refractivity contribution in [2.45, 2.75) is 40.2 Å². The average molecular weight is 155 g/mol. The third-order valence-corrected chi connectivity index (χ3v) is 3.22. The first-order chi connectivity index (χ1) is 5.04. The van der Waals surface area contributed by atoms with Crippen LogP contribution in [0.3, 0.4) is 0 Å². The molecule has 4 unspecified atom stereocenters. The minimum Gasteiger partial charge on any atom is -0.327 e. The van der Waals surface area contributed by atoms with Crippen LogP contribution in [0.1, 0.15) is 34.1 Å². The van der Waals surface area contributed by atoms with Gasteiger partial charge in [0.15, 0.2) is 0 Å². The van der Waals surface area contributed by atoms with Crippen molar-refractivity contribution in [3.05, 3.63) is 0 Å². The summed E-state index contributed by atoms with van der Waals surface area (Å²) in [5.74, 6) is 3.23. The molecular weight excluding hydrogens is 134 g/mol. The lowest BCUT2D eigenvalue weighted by atomic mass is 9.88. The van der Waals surface area contributed by atoms with Crippen molar-refractivity contribution in [1.29, 1.82) is 0 Å². The second-order valence-electron chi connectivity index (χ2n) is 4.56. The lowest BCUT2D eigenvalue weighted by Crippen LogP contribution is -2.34. The average Bonchev–Trinajstić information content (AvgIpc) is 2.63. The quantitative estimate of drug-likeness (QED) is 0.664. The molecule has 0 bridgehead atoms. The third-order valence-electron chi connectivity index (χ3n) is 3.22. The zero-order chi connectivity index (χ0) is 8.59. The Kier molecular flexibility index (Phi) is 2.58. The van der Waals surface area contributed by atoms with Crippen molar-refractivity contribution in [3.63, 3.8) is 0 Å². The first-order valence-corrected chi connectivity index (χ1v) is 4.79. The highest BCUT2D eigenvalue weighted by Crippen LogP contribution is 2.45. The molecule has 4 atom stereocenters. The molecule has 1 aliphatic rings. The van der Waals surface area contributed by atoms with Crippen molar-refractivity contribution in [2.24, 2.45) is 29.4 Å². The molecular formula is C10H21N. The van der Waals surface area contributed by atoms with Crippen molar-refractivity contribution in [1.82, 2.24) is 0 Å². The number of nitrogens with two attached hydrogens (primary N) is 1. The van der Waals surface area contributed by atoms with Gasteiger partial charge in [0.25, 0.3) is 0 Å². The van der Waals surface area contributed by atoms with Gasteiger partial charge in [0.2, 0.25) is 0 Å². The molecule has 0 aromatic rings. The predicted molar refractivity (Wildman–Crippen MR) is 49.2 cm³/mol. The summed E-state index contributed by atoms with van der Waals surface area (Å²) in [6, 6.07) is 0.407. The molecule has 0 heterocycles. The van der Waals surface area contributed by atoms with E-state index >= 15 is 0 Å². The molecule has 1 rings (SSSR count). The van der Waals surface area contributed by atoms with Gasteiger partial charge < -0.3 is 5.73 Å². The predicted octanol–water partition coefficient (Wildman–Crippen LogP) is 2.26. The summed E-state index contributed by atoms with van der Waals surface area (Å²) in [7, 11) is 0. The summed E-state index contributed by atoms with van der Waals surface area (Å²) in [4.78, 5) is 0. The van der Waals surface area contributed by atoms with Gasteiger partial charge in [0.05, 0.1) is 0 Å². The van der Waals surface area contributed by atoms with Crippen LogP contribution in [-0.2, 0) is 0 Å². The molecule has 1 heteroatoms. The lowest BCUT2D eigenvalue weighted by molar-refractivity contribution is 0.322. The first-order valence-electron chi connectivity index (χ1n) is 4.79. The van der Waals surface area contributed by atoms with E-state index in [1.54, 1.807) is 0 Å². The maximum Gasteiger partial charge on any atom is 0.00904 e. The van der Waals surface area contributed by atoms with Gasteiger partial charge in [0.1, 0.15) is 0 Å². The van der Waals surface area contributed by atoms with Crippen LogP contribution in [0.5, 0.6) is 0 Å². The zero-order valence-corrected chi connectivity index (χ0v) is 8.17. The molecule has 0 radical (unpaired) electrons. The Morgan fingerprint density at radius 2 is 1.73 bits per heavy atom. The molecule has 0 amide bonds. The molecule has 66 valence electrons. The van der Waals surface area contributed by atoms with Crippen LogP contribution < -0.4 is 5.73 Å². The fraction of sp³-hybridized carbons (Fsp3) is 1.00. The second kappa shape index (κ2) is 3.14. The van der Waals surface area contributed by atoms with Crippen LogP contribution in [0.15, 0.2) is 0 Å². The molecule has 11 heavy (non-hydrogen) atoms. The molecule has 1 nitrogen and oxygen atoms in total. The van der Waals surface area contributed by atoms with Crippen LogP contribution in [0.25, 0.3) is 0 Å². The SMILES string of the molecule is CC(C)C(N)C(C)C1CC1C. The first kappa shape index (κ1) is 9.05. The highest BCUT2D eigenvalue weighted by atomic mass is 14.7. The number of hydrogen-bond donors (Lipinski definition) is 1. The Morgan fingerprint density at radius 3 is 2.00 bits per heavy atom. The fourth-order valence-corrected chi connectivity index (χ4v) is 1.98. The van der Waals surface area contributed by atoms with E-state index in [2.05, 4.69) is 27.7 Å². The molecule has 0 aromatic heterocycles. The molecule has 0 saturated heterocycles. The smallest absolute Gasteiger partial charge is 0.00904 e. The molecule has 0 spiro atoms. The molecule has 2 N–H and O–H groups in total. The van der Waals surface area contributed by atoms with E-state index in [4.69, 9.17) is 5.73 Å². The summed E-state index contributed by atoms with van der Waals surface area (Å²) in [5, 5.41) is 0. The van der Waals surface area contributed by atoms with Crippen molar-refractivity contribution < 1.29 is 0 Å². The van der Waals surface area contributed by atoms with Gasteiger partial charge in [-0.15, -0.1) is 0 Å². The molecule has 1 aliphatic carbocycles. The van der Waals surface area contributed by atoms with Gasteiger partial charge in [-0.2, -0.15) is 0 Å². The zero-order valence-electron chi connectivity index (χ0n) is 8.17. The van der Waals surface area contributed by atoms with Gasteiger partial charge in [-0.3, -0.25) is 0 Å². The van der Waals surface area contributed by atoms with Crippen molar-refractivity contribution in [3.8, 4) is 0 Å². The molecule has 0 aliphatic heterocycles. The number of hydrogen-bond acceptors (Lipinski definition) is 1. The minimum atomic E-state index is 0.407. The van der Waals surface area contributed by atoms with Crippen LogP contribution in [0.4, 0.5) is 0 Å². The maximum absolute atomic E-state index is 6.06. The van der Waals surface area contributed by atoms with Gasteiger partial charge in [-0.1, -0.05) is 27.7 Å². The highest BCUT2D eigenvalue weighted by molar-refractivity contribution is 4.91. The summed E-state index contributed by atoms with van der Waals surface area (Å²) < 4.78 is 0. The van der Waals surface area contributed by atoms with E-state index < -0.39 is 0 Å². The molecule has 0 aromatic carbocycles. The Morgan fingerprint density at radius 1 is 1.27 bits per heavy atom. The standard InChI is InChI=1S/C10H21N/c1-6(2)10(11)8(4)9-5-7(9)3/h6-10H,5,11H2,1-4H3. The van der Waals surface area contributed by atoms with Crippen molar-refractivity contribution >= 4 is 0 Å². The Balaban J connectivity index is 2.35. The minimum absolute atomic E-state index is 0.407. The van der Waals surface area contributed by atoms with E-state index in [1.165, 1.54) is 6.42 Å². The Labute approximate surface area is 70.4 Å². The molecule has 1 saturated carbocycles. The van der Waals surface area contributed by atoms with Crippen LogP contribution in [0.2, 0.25) is 0 Å². The second-order valence-corrected chi connectivity index (χ2v) is 4.56. The summed E-state index contributed by atoms with van der Waals surface area (Å²) in [5.41, 5.74) is 6.06. The largest absolute Gasteiger partial charge is 0.327 e. The Hall–Kier alpha value is -0.0400. The normalized spacial score (nSPS) is 35.5. The summed E-state index contributed by atoms with van der Waals surface area (Å²) in [6.45, 7) is 9.06. The van der Waals surface area contributed by atoms with Gasteiger partial charge in [-0.05, 0) is 30.1 Å². The van der Waals surface area contributed by atoms with Gasteiger partial charge >= 0.3 is 0 Å². The van der Waals surface area contributed by atoms with Crippen LogP contribution in [0, 0.1) is 23.7 Å². The maximum atomic E-state index is 6.06. The van der Waals surface area contributed by atoms with E-state index in [9.17, 15) is 0 Å². The summed E-state index contributed by atoms with van der Waals surface area (Å²) in [6.07, 6.45) is 1.40. The topological polar surface area (TPSA) is 26.0 Å². The van der Waals surface area contributed by atoms with Crippen LogP contribution in [-0.4, -0.2) is 6.04 Å². The van der Waals surface area contributed by atoms with Gasteiger partial charge in [0, 0.05) is 6.04 Å². The molecule has 1 fully saturated rings. The fourth-order valence-electron chi connectivity index (χ4n) is 1.98. The van der Waals surface area contributed by atoms with E-state index in [1.807, 2.05) is 0 Å².